The highest BCUT2D eigenvalue weighted by Gasteiger charge is 2.26. The molecule has 0 spiro atoms. The fourth-order valence-electron chi connectivity index (χ4n) is 2.25. The predicted octanol–water partition coefficient (Wildman–Crippen LogP) is 2.91. The quantitative estimate of drug-likeness (QED) is 0.781. The van der Waals surface area contributed by atoms with Gasteiger partial charge >= 0.3 is 0 Å². The summed E-state index contributed by atoms with van der Waals surface area (Å²) in [6.45, 7) is 2.69. The van der Waals surface area contributed by atoms with Crippen LogP contribution in [0.3, 0.4) is 0 Å². The third-order valence-corrected chi connectivity index (χ3v) is 5.23. The van der Waals surface area contributed by atoms with Gasteiger partial charge in [0.25, 0.3) is 10.0 Å². The molecule has 0 aliphatic carbocycles. The topological polar surface area (TPSA) is 83.6 Å². The highest BCUT2D eigenvalue weighted by Crippen LogP contribution is 2.25. The maximum atomic E-state index is 12.9. The second-order valence-electron chi connectivity index (χ2n) is 5.41. The van der Waals surface area contributed by atoms with Crippen molar-refractivity contribution in [3.8, 4) is 0 Å². The number of rotatable bonds is 6. The Morgan fingerprint density at radius 3 is 2.28 bits per heavy atom. The van der Waals surface area contributed by atoms with E-state index in [-0.39, 0.29) is 10.8 Å². The van der Waals surface area contributed by atoms with E-state index >= 15 is 0 Å². The molecule has 0 fully saturated rings. The molecule has 0 aliphatic rings. The van der Waals surface area contributed by atoms with Gasteiger partial charge in [0.2, 0.25) is 11.1 Å². The number of anilines is 2. The Bertz CT molecular complexity index is 895. The lowest BCUT2D eigenvalue weighted by Crippen LogP contribution is -2.34. The van der Waals surface area contributed by atoms with Crippen LogP contribution in [0.25, 0.3) is 0 Å². The molecular formula is C17H17ClN2O4S. The molecule has 2 aromatic carbocycles. The number of nitrogens with zero attached hydrogens (tertiary/aromatic N) is 1. The number of hydrogen-bond donors (Lipinski definition) is 1. The summed E-state index contributed by atoms with van der Waals surface area (Å²) in [6.07, 6.45) is 0. The standard InChI is InChI=1S/C17H17ClN2O4S/c1-12-4-3-5-15(10-12)20(11-17(18)22)25(23,24)16-8-6-14(7-9-16)19-13(2)21/h3-10H,11H2,1-2H3,(H,19,21). The lowest BCUT2D eigenvalue weighted by molar-refractivity contribution is -0.114. The number of sulfonamides is 1. The molecule has 8 heteroatoms. The zero-order valence-electron chi connectivity index (χ0n) is 13.7. The van der Waals surface area contributed by atoms with E-state index in [4.69, 9.17) is 11.6 Å². The minimum absolute atomic E-state index is 0.0129. The van der Waals surface area contributed by atoms with Crippen LogP contribution in [-0.2, 0) is 19.6 Å². The molecule has 0 saturated carbocycles. The van der Waals surface area contributed by atoms with E-state index in [9.17, 15) is 18.0 Å². The van der Waals surface area contributed by atoms with Gasteiger partial charge in [-0.1, -0.05) is 12.1 Å². The Balaban J connectivity index is 2.44. The Morgan fingerprint density at radius 2 is 1.76 bits per heavy atom. The van der Waals surface area contributed by atoms with E-state index in [0.717, 1.165) is 9.87 Å². The smallest absolute Gasteiger partial charge is 0.264 e. The van der Waals surface area contributed by atoms with E-state index in [2.05, 4.69) is 5.32 Å². The van der Waals surface area contributed by atoms with Crippen molar-refractivity contribution in [3.63, 3.8) is 0 Å². The fourth-order valence-corrected chi connectivity index (χ4v) is 3.85. The molecule has 132 valence electrons. The first-order chi connectivity index (χ1) is 11.7. The van der Waals surface area contributed by atoms with Crippen molar-refractivity contribution in [3.05, 3.63) is 54.1 Å². The van der Waals surface area contributed by atoms with Gasteiger partial charge < -0.3 is 5.32 Å². The van der Waals surface area contributed by atoms with Crippen molar-refractivity contribution in [2.24, 2.45) is 0 Å². The van der Waals surface area contributed by atoms with Crippen molar-refractivity contribution in [2.45, 2.75) is 18.7 Å². The number of carbonyl (C=O) groups is 2. The number of hydrogen-bond acceptors (Lipinski definition) is 4. The van der Waals surface area contributed by atoms with Gasteiger partial charge in [-0.05, 0) is 60.5 Å². The maximum Gasteiger partial charge on any atom is 0.264 e. The predicted molar refractivity (Wildman–Crippen MR) is 97.3 cm³/mol. The summed E-state index contributed by atoms with van der Waals surface area (Å²) in [4.78, 5) is 22.4. The molecular weight excluding hydrogens is 364 g/mol. The number of halogens is 1. The lowest BCUT2D eigenvalue weighted by Gasteiger charge is -2.23. The van der Waals surface area contributed by atoms with Crippen molar-refractivity contribution in [2.75, 3.05) is 16.2 Å². The highest BCUT2D eigenvalue weighted by molar-refractivity contribution is 7.92. The molecule has 25 heavy (non-hydrogen) atoms. The minimum atomic E-state index is -4.00. The third kappa shape index (κ3) is 4.80. The summed E-state index contributed by atoms with van der Waals surface area (Å²) >= 11 is 5.45. The van der Waals surface area contributed by atoms with Crippen LogP contribution in [0.15, 0.2) is 53.4 Å². The molecule has 0 radical (unpaired) electrons. The van der Waals surface area contributed by atoms with Crippen molar-refractivity contribution < 1.29 is 18.0 Å². The minimum Gasteiger partial charge on any atom is -0.326 e. The molecule has 6 nitrogen and oxygen atoms in total. The fraction of sp³-hybridized carbons (Fsp3) is 0.176. The van der Waals surface area contributed by atoms with E-state index < -0.39 is 21.8 Å². The Morgan fingerprint density at radius 1 is 1.12 bits per heavy atom. The molecule has 0 aromatic heterocycles. The van der Waals surface area contributed by atoms with Gasteiger partial charge in [-0.2, -0.15) is 0 Å². The molecule has 1 amide bonds. The normalized spacial score (nSPS) is 11.0. The lowest BCUT2D eigenvalue weighted by atomic mass is 10.2. The van der Waals surface area contributed by atoms with E-state index in [1.54, 1.807) is 18.2 Å². The number of benzene rings is 2. The van der Waals surface area contributed by atoms with Gasteiger partial charge in [0, 0.05) is 12.6 Å². The molecule has 0 atom stereocenters. The average molecular weight is 381 g/mol. The first-order valence-corrected chi connectivity index (χ1v) is 9.17. The summed E-state index contributed by atoms with van der Waals surface area (Å²) in [6, 6.07) is 12.4. The van der Waals surface area contributed by atoms with E-state index in [1.165, 1.54) is 31.2 Å². The van der Waals surface area contributed by atoms with Gasteiger partial charge in [0.1, 0.15) is 6.54 Å². The van der Waals surface area contributed by atoms with Gasteiger partial charge in [-0.15, -0.1) is 0 Å². The molecule has 0 unspecified atom stereocenters. The SMILES string of the molecule is CC(=O)Nc1ccc(S(=O)(=O)N(CC(=O)Cl)c2cccc(C)c2)cc1. The highest BCUT2D eigenvalue weighted by atomic mass is 35.5. The maximum absolute atomic E-state index is 12.9. The van der Waals surface area contributed by atoms with Crippen molar-refractivity contribution >= 4 is 44.1 Å². The molecule has 1 N–H and O–H groups in total. The average Bonchev–Trinajstić information content (AvgIpc) is 2.52. The Kier molecular flexibility index (Phi) is 5.81. The zero-order chi connectivity index (χ0) is 18.6. The van der Waals surface area contributed by atoms with Crippen LogP contribution in [0.4, 0.5) is 11.4 Å². The van der Waals surface area contributed by atoms with Crippen molar-refractivity contribution in [1.82, 2.24) is 0 Å². The molecule has 0 saturated heterocycles. The molecule has 2 aromatic rings. The second-order valence-corrected chi connectivity index (χ2v) is 7.70. The molecule has 0 aliphatic heterocycles. The van der Waals surface area contributed by atoms with Crippen molar-refractivity contribution in [1.29, 1.82) is 0 Å². The number of aryl methyl sites for hydroxylation is 1. The summed E-state index contributed by atoms with van der Waals surface area (Å²) in [5.74, 6) is -0.260. The second kappa shape index (κ2) is 7.67. The summed E-state index contributed by atoms with van der Waals surface area (Å²) in [5, 5.41) is 1.77. The monoisotopic (exact) mass is 380 g/mol. The number of amides is 1. The molecule has 0 heterocycles. The molecule has 2 rings (SSSR count). The summed E-state index contributed by atoms with van der Waals surface area (Å²) < 4.78 is 26.8. The van der Waals surface area contributed by atoms with Gasteiger partial charge in [-0.25, -0.2) is 8.42 Å². The first-order valence-electron chi connectivity index (χ1n) is 7.35. The first kappa shape index (κ1) is 19.0. The van der Waals surface area contributed by atoms with E-state index in [0.29, 0.717) is 11.4 Å². The largest absolute Gasteiger partial charge is 0.326 e. The van der Waals surface area contributed by atoms with Crippen LogP contribution in [-0.4, -0.2) is 26.1 Å². The van der Waals surface area contributed by atoms with Crippen LogP contribution < -0.4 is 9.62 Å². The van der Waals surface area contributed by atoms with Gasteiger partial charge in [0.15, 0.2) is 0 Å². The zero-order valence-corrected chi connectivity index (χ0v) is 15.3. The van der Waals surface area contributed by atoms with E-state index in [1.807, 2.05) is 13.0 Å². The van der Waals surface area contributed by atoms with Gasteiger partial charge in [-0.3, -0.25) is 13.9 Å². The van der Waals surface area contributed by atoms with Crippen LogP contribution in [0.5, 0.6) is 0 Å². The third-order valence-electron chi connectivity index (χ3n) is 3.32. The van der Waals surface area contributed by atoms with Crippen LogP contribution in [0, 0.1) is 6.92 Å². The Labute approximate surface area is 151 Å². The number of carbonyl (C=O) groups excluding carboxylic acids is 2. The van der Waals surface area contributed by atoms with Crippen LogP contribution in [0.2, 0.25) is 0 Å². The van der Waals surface area contributed by atoms with Crippen LogP contribution >= 0.6 is 11.6 Å². The van der Waals surface area contributed by atoms with Crippen LogP contribution in [0.1, 0.15) is 12.5 Å². The molecule has 0 bridgehead atoms. The van der Waals surface area contributed by atoms with Gasteiger partial charge in [0.05, 0.1) is 10.6 Å². The summed E-state index contributed by atoms with van der Waals surface area (Å²) in [5.41, 5.74) is 1.67. The Hall–Kier alpha value is -2.38. The summed E-state index contributed by atoms with van der Waals surface area (Å²) in [7, 11) is -4.00. The number of nitrogens with one attached hydrogen (secondary N) is 1.